The smallest absolute Gasteiger partial charge is 0.321 e. The van der Waals surface area contributed by atoms with E-state index in [2.05, 4.69) is 0 Å². The minimum atomic E-state index is -1.19. The Hall–Kier alpha value is -2.42. The third-order valence-corrected chi connectivity index (χ3v) is 2.04. The Morgan fingerprint density at radius 3 is 2.44 bits per heavy atom. The highest BCUT2D eigenvalue weighted by Crippen LogP contribution is 2.14. The Balaban J connectivity index is 2.80. The Kier molecular flexibility index (Phi) is 3.56. The molecule has 6 heteroatoms. The Bertz CT molecular complexity index is 447. The summed E-state index contributed by atoms with van der Waals surface area (Å²) in [6, 6.07) is 7.12. The van der Waals surface area contributed by atoms with E-state index < -0.39 is 16.8 Å². The van der Waals surface area contributed by atoms with E-state index in [-0.39, 0.29) is 12.1 Å². The lowest BCUT2D eigenvalue weighted by atomic mass is 10.0. The van der Waals surface area contributed by atoms with Gasteiger partial charge in [0.05, 0.1) is 11.0 Å². The molecular formula is C10H8N2O4. The van der Waals surface area contributed by atoms with Gasteiger partial charge in [-0.25, -0.2) is 0 Å². The molecule has 82 valence electrons. The van der Waals surface area contributed by atoms with Crippen LogP contribution in [0.3, 0.4) is 0 Å². The fourth-order valence-electron chi connectivity index (χ4n) is 1.18. The molecular weight excluding hydrogens is 212 g/mol. The average molecular weight is 220 g/mol. The number of nitriles is 1. The minimum absolute atomic E-state index is 0.0455. The fourth-order valence-corrected chi connectivity index (χ4v) is 1.18. The first-order valence-corrected chi connectivity index (χ1v) is 4.40. The van der Waals surface area contributed by atoms with Gasteiger partial charge in [-0.2, -0.15) is 5.26 Å². The summed E-state index contributed by atoms with van der Waals surface area (Å²) >= 11 is 0. The number of carbonyl (C=O) groups is 1. The summed E-state index contributed by atoms with van der Waals surface area (Å²) in [6.45, 7) is 0. The third kappa shape index (κ3) is 2.78. The molecule has 0 spiro atoms. The molecule has 1 unspecified atom stereocenters. The van der Waals surface area contributed by atoms with Crippen LogP contribution in [0.15, 0.2) is 24.3 Å². The van der Waals surface area contributed by atoms with E-state index in [1.165, 1.54) is 24.3 Å². The standard InChI is InChI=1S/C10H8N2O4/c11-6-8(10(13)14)5-7-1-3-9(4-2-7)12(15)16/h1-4,8H,5H2,(H,13,14). The lowest BCUT2D eigenvalue weighted by molar-refractivity contribution is -0.384. The highest BCUT2D eigenvalue weighted by Gasteiger charge is 2.17. The molecule has 1 atom stereocenters. The molecule has 0 aliphatic heterocycles. The van der Waals surface area contributed by atoms with Gasteiger partial charge in [0.1, 0.15) is 5.92 Å². The molecule has 0 aliphatic carbocycles. The maximum absolute atomic E-state index is 10.6. The van der Waals surface area contributed by atoms with Gasteiger partial charge in [-0.3, -0.25) is 14.9 Å². The molecule has 6 nitrogen and oxygen atoms in total. The highest BCUT2D eigenvalue weighted by atomic mass is 16.6. The van der Waals surface area contributed by atoms with Crippen molar-refractivity contribution < 1.29 is 14.8 Å². The number of nitro groups is 1. The number of hydrogen-bond donors (Lipinski definition) is 1. The van der Waals surface area contributed by atoms with Crippen molar-refractivity contribution in [2.45, 2.75) is 6.42 Å². The normalized spacial score (nSPS) is 11.4. The van der Waals surface area contributed by atoms with Gasteiger partial charge in [0.25, 0.3) is 5.69 Å². The zero-order chi connectivity index (χ0) is 12.1. The van der Waals surface area contributed by atoms with Crippen molar-refractivity contribution in [3.05, 3.63) is 39.9 Å². The second kappa shape index (κ2) is 4.89. The van der Waals surface area contributed by atoms with E-state index in [0.29, 0.717) is 5.56 Å². The quantitative estimate of drug-likeness (QED) is 0.609. The van der Waals surface area contributed by atoms with Crippen molar-refractivity contribution in [2.24, 2.45) is 5.92 Å². The van der Waals surface area contributed by atoms with Crippen molar-refractivity contribution >= 4 is 11.7 Å². The Morgan fingerprint density at radius 2 is 2.06 bits per heavy atom. The molecule has 0 aromatic heterocycles. The average Bonchev–Trinajstić information content (AvgIpc) is 2.26. The van der Waals surface area contributed by atoms with Crippen LogP contribution in [-0.4, -0.2) is 16.0 Å². The first-order chi connectivity index (χ1) is 7.54. The number of aliphatic carboxylic acids is 1. The molecule has 0 saturated heterocycles. The summed E-state index contributed by atoms with van der Waals surface area (Å²) in [4.78, 5) is 20.4. The van der Waals surface area contributed by atoms with Gasteiger partial charge in [0, 0.05) is 12.1 Å². The van der Waals surface area contributed by atoms with Gasteiger partial charge in [0.2, 0.25) is 0 Å². The second-order valence-corrected chi connectivity index (χ2v) is 3.15. The van der Waals surface area contributed by atoms with Crippen molar-refractivity contribution in [2.75, 3.05) is 0 Å². The van der Waals surface area contributed by atoms with Crippen LogP contribution in [0.1, 0.15) is 5.56 Å². The van der Waals surface area contributed by atoms with Crippen molar-refractivity contribution in [1.29, 1.82) is 5.26 Å². The molecule has 0 radical (unpaired) electrons. The van der Waals surface area contributed by atoms with Crippen LogP contribution >= 0.6 is 0 Å². The SMILES string of the molecule is N#CC(Cc1ccc([N+](=O)[O-])cc1)C(=O)O. The first-order valence-electron chi connectivity index (χ1n) is 4.40. The van der Waals surface area contributed by atoms with Crippen LogP contribution < -0.4 is 0 Å². The molecule has 1 N–H and O–H groups in total. The summed E-state index contributed by atoms with van der Waals surface area (Å²) in [5, 5.41) is 27.6. The molecule has 0 saturated carbocycles. The van der Waals surface area contributed by atoms with Crippen LogP contribution in [0.5, 0.6) is 0 Å². The van der Waals surface area contributed by atoms with Crippen molar-refractivity contribution in [3.63, 3.8) is 0 Å². The summed E-state index contributed by atoms with van der Waals surface area (Å²) in [5.41, 5.74) is 0.520. The largest absolute Gasteiger partial charge is 0.480 e. The zero-order valence-electron chi connectivity index (χ0n) is 8.16. The molecule has 0 fully saturated rings. The van der Waals surface area contributed by atoms with Crippen LogP contribution in [-0.2, 0) is 11.2 Å². The minimum Gasteiger partial charge on any atom is -0.480 e. The first kappa shape index (κ1) is 11.7. The molecule has 0 bridgehead atoms. The van der Waals surface area contributed by atoms with E-state index in [0.717, 1.165) is 0 Å². The van der Waals surface area contributed by atoms with Gasteiger partial charge in [-0.1, -0.05) is 12.1 Å². The number of hydrogen-bond acceptors (Lipinski definition) is 4. The fraction of sp³-hybridized carbons (Fsp3) is 0.200. The maximum atomic E-state index is 10.6. The van der Waals surface area contributed by atoms with E-state index in [1.54, 1.807) is 6.07 Å². The number of nitrogens with zero attached hydrogens (tertiary/aromatic N) is 2. The molecule has 1 aromatic rings. The Morgan fingerprint density at radius 1 is 1.50 bits per heavy atom. The number of benzene rings is 1. The summed E-state index contributed by atoms with van der Waals surface area (Å²) < 4.78 is 0. The van der Waals surface area contributed by atoms with Crippen molar-refractivity contribution in [3.8, 4) is 6.07 Å². The van der Waals surface area contributed by atoms with Gasteiger partial charge in [0.15, 0.2) is 0 Å². The zero-order valence-corrected chi connectivity index (χ0v) is 8.16. The van der Waals surface area contributed by atoms with Crippen LogP contribution in [0.2, 0.25) is 0 Å². The Labute approximate surface area is 90.9 Å². The third-order valence-electron chi connectivity index (χ3n) is 2.04. The maximum Gasteiger partial charge on any atom is 0.321 e. The predicted molar refractivity (Wildman–Crippen MR) is 53.5 cm³/mol. The number of carboxylic acids is 1. The summed E-state index contributed by atoms with van der Waals surface area (Å²) in [6.07, 6.45) is 0.0455. The van der Waals surface area contributed by atoms with Gasteiger partial charge >= 0.3 is 5.97 Å². The lowest BCUT2D eigenvalue weighted by Crippen LogP contribution is -2.14. The number of rotatable bonds is 4. The molecule has 0 amide bonds. The van der Waals surface area contributed by atoms with Gasteiger partial charge in [-0.05, 0) is 12.0 Å². The molecule has 0 aliphatic rings. The predicted octanol–water partition coefficient (Wildman–Crippen LogP) is 1.36. The van der Waals surface area contributed by atoms with E-state index in [1.807, 2.05) is 0 Å². The highest BCUT2D eigenvalue weighted by molar-refractivity contribution is 5.73. The van der Waals surface area contributed by atoms with Crippen molar-refractivity contribution in [1.82, 2.24) is 0 Å². The van der Waals surface area contributed by atoms with Gasteiger partial charge in [-0.15, -0.1) is 0 Å². The topological polar surface area (TPSA) is 104 Å². The van der Waals surface area contributed by atoms with Crippen LogP contribution in [0, 0.1) is 27.4 Å². The number of carboxylic acid groups (broad SMARTS) is 1. The molecule has 1 aromatic carbocycles. The molecule has 0 heterocycles. The lowest BCUT2D eigenvalue weighted by Gasteiger charge is -2.03. The molecule has 1 rings (SSSR count). The number of nitro benzene ring substituents is 1. The second-order valence-electron chi connectivity index (χ2n) is 3.15. The molecule has 16 heavy (non-hydrogen) atoms. The van der Waals surface area contributed by atoms with E-state index >= 15 is 0 Å². The number of non-ortho nitro benzene ring substituents is 1. The van der Waals surface area contributed by atoms with Gasteiger partial charge < -0.3 is 5.11 Å². The van der Waals surface area contributed by atoms with Crippen LogP contribution in [0.25, 0.3) is 0 Å². The summed E-state index contributed by atoms with van der Waals surface area (Å²) in [7, 11) is 0. The van der Waals surface area contributed by atoms with Crippen LogP contribution in [0.4, 0.5) is 5.69 Å². The summed E-state index contributed by atoms with van der Waals surface area (Å²) in [5.74, 6) is -2.32. The monoisotopic (exact) mass is 220 g/mol. The van der Waals surface area contributed by atoms with E-state index in [4.69, 9.17) is 10.4 Å². The van der Waals surface area contributed by atoms with E-state index in [9.17, 15) is 14.9 Å².